The summed E-state index contributed by atoms with van der Waals surface area (Å²) < 4.78 is 13.5. The summed E-state index contributed by atoms with van der Waals surface area (Å²) in [5.74, 6) is 1.67. The van der Waals surface area contributed by atoms with Crippen LogP contribution in [0.2, 0.25) is 5.02 Å². The van der Waals surface area contributed by atoms with E-state index in [1.54, 1.807) is 36.6 Å². The molecule has 188 valence electrons. The number of esters is 1. The minimum Gasteiger partial charge on any atom is -0.463 e. The Bertz CT molecular complexity index is 1490. The van der Waals surface area contributed by atoms with Gasteiger partial charge in [-0.15, -0.1) is 0 Å². The highest BCUT2D eigenvalue weighted by Gasteiger charge is 2.33. The predicted octanol–water partition coefficient (Wildman–Crippen LogP) is 4.28. The van der Waals surface area contributed by atoms with Gasteiger partial charge in [0.05, 0.1) is 28.5 Å². The zero-order chi connectivity index (χ0) is 25.4. The summed E-state index contributed by atoms with van der Waals surface area (Å²) in [5, 5.41) is 0.571. The van der Waals surface area contributed by atoms with Crippen LogP contribution in [0.3, 0.4) is 0 Å². The Morgan fingerprint density at radius 2 is 1.94 bits per heavy atom. The summed E-state index contributed by atoms with van der Waals surface area (Å²) in [4.78, 5) is 34.0. The number of aromatic nitrogens is 1. The van der Waals surface area contributed by atoms with Crippen LogP contribution in [0, 0.1) is 5.92 Å². The maximum atomic E-state index is 13.7. The lowest BCUT2D eigenvalue weighted by Crippen LogP contribution is -2.39. The van der Waals surface area contributed by atoms with E-state index in [9.17, 15) is 9.59 Å². The normalized spacial score (nSPS) is 18.8. The fourth-order valence-electron chi connectivity index (χ4n) is 4.70. The number of hydrogen-bond acceptors (Lipinski definition) is 7. The second kappa shape index (κ2) is 10.1. The lowest BCUT2D eigenvalue weighted by atomic mass is 9.96. The van der Waals surface area contributed by atoms with Crippen molar-refractivity contribution < 1.29 is 13.9 Å². The molecule has 0 radical (unpaired) electrons. The van der Waals surface area contributed by atoms with Crippen LogP contribution < -0.4 is 19.8 Å². The molecule has 1 unspecified atom stereocenters. The number of thiazole rings is 1. The predicted molar refractivity (Wildman–Crippen MR) is 141 cm³/mol. The number of piperidine rings is 1. The molecule has 1 atom stereocenters. The number of furan rings is 1. The molecular weight excluding hydrogens is 498 g/mol. The highest BCUT2D eigenvalue weighted by Crippen LogP contribution is 2.31. The van der Waals surface area contributed by atoms with Crippen LogP contribution in [-0.2, 0) is 9.53 Å². The van der Waals surface area contributed by atoms with Crippen molar-refractivity contribution >= 4 is 40.9 Å². The Morgan fingerprint density at radius 3 is 2.64 bits per heavy atom. The van der Waals surface area contributed by atoms with E-state index in [-0.39, 0.29) is 12.2 Å². The van der Waals surface area contributed by atoms with Crippen molar-refractivity contribution in [3.63, 3.8) is 0 Å². The Balaban J connectivity index is 1.58. The van der Waals surface area contributed by atoms with Gasteiger partial charge in [0, 0.05) is 30.3 Å². The first-order valence-corrected chi connectivity index (χ1v) is 13.3. The molecule has 1 saturated heterocycles. The number of carbonyl (C=O) groups is 1. The topological polar surface area (TPSA) is 77.0 Å². The molecule has 7 nitrogen and oxygen atoms in total. The summed E-state index contributed by atoms with van der Waals surface area (Å²) >= 11 is 7.39. The third-order valence-electron chi connectivity index (χ3n) is 6.68. The van der Waals surface area contributed by atoms with Gasteiger partial charge in [0.2, 0.25) is 0 Å². The fourth-order valence-corrected chi connectivity index (χ4v) is 5.85. The standard InChI is InChI=1S/C27H28ClN3O4S/c1-4-34-26(33)23-17(3)29-27-31(24(23)18-5-7-19(28)8-6-18)25(32)21(36-27)15-20-9-10-22(35-20)30-13-11-16(2)12-14-30/h5-10,15-16,24H,4,11-14H2,1-3H3/b21-15+. The zero-order valence-electron chi connectivity index (χ0n) is 20.5. The summed E-state index contributed by atoms with van der Waals surface area (Å²) in [6.45, 7) is 7.95. The summed E-state index contributed by atoms with van der Waals surface area (Å²) in [7, 11) is 0. The van der Waals surface area contributed by atoms with E-state index >= 15 is 0 Å². The number of halogens is 1. The molecule has 1 aromatic carbocycles. The third-order valence-corrected chi connectivity index (χ3v) is 7.92. The molecule has 0 saturated carbocycles. The number of anilines is 1. The maximum Gasteiger partial charge on any atom is 0.338 e. The van der Waals surface area contributed by atoms with Crippen LogP contribution in [0.1, 0.15) is 51.0 Å². The lowest BCUT2D eigenvalue weighted by Gasteiger charge is -2.29. The molecule has 4 heterocycles. The molecule has 0 bridgehead atoms. The monoisotopic (exact) mass is 525 g/mol. The average Bonchev–Trinajstić information content (AvgIpc) is 3.44. The third kappa shape index (κ3) is 4.67. The van der Waals surface area contributed by atoms with E-state index in [0.29, 0.717) is 31.4 Å². The number of ether oxygens (including phenoxy) is 1. The minimum atomic E-state index is -0.665. The van der Waals surface area contributed by atoms with Gasteiger partial charge in [-0.1, -0.05) is 42.0 Å². The van der Waals surface area contributed by atoms with Gasteiger partial charge in [-0.2, -0.15) is 0 Å². The quantitative estimate of drug-likeness (QED) is 0.465. The van der Waals surface area contributed by atoms with E-state index in [2.05, 4.69) is 16.8 Å². The van der Waals surface area contributed by atoms with Crippen molar-refractivity contribution in [2.45, 2.75) is 39.7 Å². The van der Waals surface area contributed by atoms with Crippen LogP contribution in [0.5, 0.6) is 0 Å². The van der Waals surface area contributed by atoms with Gasteiger partial charge < -0.3 is 14.1 Å². The van der Waals surface area contributed by atoms with Gasteiger partial charge >= 0.3 is 5.97 Å². The highest BCUT2D eigenvalue weighted by molar-refractivity contribution is 7.07. The minimum absolute atomic E-state index is 0.226. The SMILES string of the molecule is CCOC(=O)C1=C(C)N=c2s/c(=C/c3ccc(N4CCC(C)CC4)o3)c(=O)n2C1c1ccc(Cl)cc1. The van der Waals surface area contributed by atoms with E-state index in [4.69, 9.17) is 20.8 Å². The molecule has 2 aliphatic heterocycles. The van der Waals surface area contributed by atoms with Crippen molar-refractivity contribution in [2.75, 3.05) is 24.6 Å². The average molecular weight is 526 g/mol. The first-order valence-electron chi connectivity index (χ1n) is 12.2. The van der Waals surface area contributed by atoms with Crippen molar-refractivity contribution in [3.05, 3.63) is 83.7 Å². The number of allylic oxidation sites excluding steroid dienone is 1. The Morgan fingerprint density at radius 1 is 1.22 bits per heavy atom. The molecule has 0 N–H and O–H groups in total. The van der Waals surface area contributed by atoms with E-state index in [1.165, 1.54) is 11.3 Å². The van der Waals surface area contributed by atoms with E-state index in [0.717, 1.165) is 43.3 Å². The number of carbonyl (C=O) groups excluding carboxylic acids is 1. The number of benzene rings is 1. The summed E-state index contributed by atoms with van der Waals surface area (Å²) in [5.41, 5.74) is 1.39. The number of nitrogens with zero attached hydrogens (tertiary/aromatic N) is 3. The number of rotatable bonds is 5. The molecule has 1 fully saturated rings. The van der Waals surface area contributed by atoms with Gasteiger partial charge in [-0.25, -0.2) is 9.79 Å². The van der Waals surface area contributed by atoms with Crippen LogP contribution >= 0.6 is 22.9 Å². The van der Waals surface area contributed by atoms with Gasteiger partial charge in [0.15, 0.2) is 10.7 Å². The van der Waals surface area contributed by atoms with Crippen molar-refractivity contribution in [1.82, 2.24) is 4.57 Å². The second-order valence-corrected chi connectivity index (χ2v) is 10.6. The molecule has 0 spiro atoms. The molecule has 9 heteroatoms. The second-order valence-electron chi connectivity index (χ2n) is 9.20. The molecule has 2 aliphatic rings. The van der Waals surface area contributed by atoms with Crippen molar-refractivity contribution in [3.8, 4) is 0 Å². The van der Waals surface area contributed by atoms with Crippen molar-refractivity contribution in [1.29, 1.82) is 0 Å². The van der Waals surface area contributed by atoms with Crippen LogP contribution in [0.25, 0.3) is 6.08 Å². The molecule has 0 amide bonds. The first kappa shape index (κ1) is 24.6. The molecular formula is C27H28ClN3O4S. The first-order chi connectivity index (χ1) is 17.4. The van der Waals surface area contributed by atoms with Gasteiger partial charge in [0.25, 0.3) is 5.56 Å². The lowest BCUT2D eigenvalue weighted by molar-refractivity contribution is -0.139. The molecule has 5 rings (SSSR count). The summed E-state index contributed by atoms with van der Waals surface area (Å²) in [6.07, 6.45) is 4.03. The molecule has 36 heavy (non-hydrogen) atoms. The number of fused-ring (bicyclic) bond motifs is 1. The molecule has 2 aromatic heterocycles. The van der Waals surface area contributed by atoms with E-state index in [1.807, 2.05) is 24.3 Å². The van der Waals surface area contributed by atoms with E-state index < -0.39 is 12.0 Å². The summed E-state index contributed by atoms with van der Waals surface area (Å²) in [6, 6.07) is 10.3. The molecule has 0 aliphatic carbocycles. The van der Waals surface area contributed by atoms with Crippen LogP contribution in [0.15, 0.2) is 61.9 Å². The molecule has 3 aromatic rings. The van der Waals surface area contributed by atoms with Gasteiger partial charge in [-0.05, 0) is 56.4 Å². The maximum absolute atomic E-state index is 13.7. The van der Waals surface area contributed by atoms with Crippen molar-refractivity contribution in [2.24, 2.45) is 10.9 Å². The van der Waals surface area contributed by atoms with Crippen LogP contribution in [-0.4, -0.2) is 30.2 Å². The smallest absolute Gasteiger partial charge is 0.338 e. The number of hydrogen-bond donors (Lipinski definition) is 0. The van der Waals surface area contributed by atoms with Crippen LogP contribution in [0.4, 0.5) is 5.88 Å². The Hall–Kier alpha value is -3.10. The highest BCUT2D eigenvalue weighted by atomic mass is 35.5. The Kier molecular flexibility index (Phi) is 6.90. The Labute approximate surface area is 218 Å². The zero-order valence-corrected chi connectivity index (χ0v) is 22.1. The largest absolute Gasteiger partial charge is 0.463 e. The van der Waals surface area contributed by atoms with Gasteiger partial charge in [-0.3, -0.25) is 9.36 Å². The van der Waals surface area contributed by atoms with Gasteiger partial charge in [0.1, 0.15) is 5.76 Å². The fraction of sp³-hybridized carbons (Fsp3) is 0.370.